The maximum atomic E-state index is 12.4. The summed E-state index contributed by atoms with van der Waals surface area (Å²) in [6, 6.07) is 0. The van der Waals surface area contributed by atoms with Gasteiger partial charge < -0.3 is 10.6 Å². The van der Waals surface area contributed by atoms with E-state index in [1.54, 1.807) is 11.7 Å². The molecule has 2 N–H and O–H groups in total. The number of aryl methyl sites for hydroxylation is 2. The van der Waals surface area contributed by atoms with Crippen molar-refractivity contribution in [3.8, 4) is 0 Å². The Morgan fingerprint density at radius 2 is 1.81 bits per heavy atom. The minimum absolute atomic E-state index is 0.00260. The van der Waals surface area contributed by atoms with Crippen LogP contribution in [0.15, 0.2) is 0 Å². The van der Waals surface area contributed by atoms with Crippen LogP contribution in [0.5, 0.6) is 0 Å². The second-order valence-electron chi connectivity index (χ2n) is 5.62. The summed E-state index contributed by atoms with van der Waals surface area (Å²) in [7, 11) is 1.80. The maximum Gasteiger partial charge on any atom is 0.471 e. The first-order valence-corrected chi connectivity index (χ1v) is 6.72. The van der Waals surface area contributed by atoms with E-state index in [9.17, 15) is 18.0 Å². The van der Waals surface area contributed by atoms with Crippen LogP contribution in [0, 0.1) is 13.8 Å². The number of aromatic nitrogens is 2. The van der Waals surface area contributed by atoms with Crippen LogP contribution in [0.3, 0.4) is 0 Å². The van der Waals surface area contributed by atoms with Crippen LogP contribution in [0.2, 0.25) is 0 Å². The molecule has 0 aromatic carbocycles. The summed E-state index contributed by atoms with van der Waals surface area (Å²) in [5.41, 5.74) is 8.23. The molecule has 1 aliphatic heterocycles. The second kappa shape index (κ2) is 5.01. The van der Waals surface area contributed by atoms with Gasteiger partial charge in [0.1, 0.15) is 0 Å². The van der Waals surface area contributed by atoms with E-state index in [0.29, 0.717) is 12.8 Å². The number of alkyl halides is 3. The molecule has 1 aromatic rings. The van der Waals surface area contributed by atoms with Crippen molar-refractivity contribution in [2.45, 2.75) is 38.4 Å². The highest BCUT2D eigenvalue weighted by Crippen LogP contribution is 2.35. The van der Waals surface area contributed by atoms with Crippen LogP contribution >= 0.6 is 0 Å². The van der Waals surface area contributed by atoms with Gasteiger partial charge in [0.2, 0.25) is 0 Å². The molecule has 1 amide bonds. The Labute approximate surface area is 120 Å². The minimum Gasteiger partial charge on any atom is -0.335 e. The molecular formula is C13H19F3N4O. The van der Waals surface area contributed by atoms with E-state index >= 15 is 0 Å². The van der Waals surface area contributed by atoms with E-state index in [2.05, 4.69) is 5.10 Å². The largest absolute Gasteiger partial charge is 0.471 e. The smallest absolute Gasteiger partial charge is 0.335 e. The molecule has 118 valence electrons. The Bertz CT molecular complexity index is 556. The zero-order valence-electron chi connectivity index (χ0n) is 12.3. The van der Waals surface area contributed by atoms with Gasteiger partial charge in [-0.15, -0.1) is 0 Å². The molecule has 0 atom stereocenters. The van der Waals surface area contributed by atoms with Crippen LogP contribution in [0.25, 0.3) is 0 Å². The molecule has 0 bridgehead atoms. The number of hydrogen-bond acceptors (Lipinski definition) is 3. The van der Waals surface area contributed by atoms with Crippen LogP contribution in [0.1, 0.15) is 29.8 Å². The average Bonchev–Trinajstić information content (AvgIpc) is 2.62. The van der Waals surface area contributed by atoms with Crippen molar-refractivity contribution < 1.29 is 18.0 Å². The molecule has 2 heterocycles. The van der Waals surface area contributed by atoms with Gasteiger partial charge in [0, 0.05) is 36.9 Å². The van der Waals surface area contributed by atoms with Crippen molar-refractivity contribution in [2.24, 2.45) is 12.8 Å². The van der Waals surface area contributed by atoms with Crippen molar-refractivity contribution >= 4 is 5.91 Å². The summed E-state index contributed by atoms with van der Waals surface area (Å²) in [4.78, 5) is 12.1. The first-order valence-electron chi connectivity index (χ1n) is 6.72. The molecule has 0 radical (unpaired) electrons. The molecule has 1 aliphatic rings. The van der Waals surface area contributed by atoms with Gasteiger partial charge in [-0.05, 0) is 26.7 Å². The summed E-state index contributed by atoms with van der Waals surface area (Å²) < 4.78 is 39.0. The van der Waals surface area contributed by atoms with Crippen molar-refractivity contribution in [1.29, 1.82) is 0 Å². The number of piperidine rings is 1. The van der Waals surface area contributed by atoms with E-state index in [4.69, 9.17) is 5.73 Å². The van der Waals surface area contributed by atoms with Crippen molar-refractivity contribution in [3.63, 3.8) is 0 Å². The summed E-state index contributed by atoms with van der Waals surface area (Å²) in [5.74, 6) is -1.79. The van der Waals surface area contributed by atoms with Gasteiger partial charge in [-0.25, -0.2) is 0 Å². The predicted molar refractivity (Wildman–Crippen MR) is 70.4 cm³/mol. The number of halogens is 3. The average molecular weight is 304 g/mol. The van der Waals surface area contributed by atoms with Crippen LogP contribution in [-0.2, 0) is 17.4 Å². The lowest BCUT2D eigenvalue weighted by molar-refractivity contribution is -0.186. The molecule has 1 fully saturated rings. The van der Waals surface area contributed by atoms with Gasteiger partial charge >= 0.3 is 12.1 Å². The van der Waals surface area contributed by atoms with Gasteiger partial charge in [0.15, 0.2) is 0 Å². The van der Waals surface area contributed by atoms with E-state index < -0.39 is 17.6 Å². The van der Waals surface area contributed by atoms with Crippen molar-refractivity contribution in [2.75, 3.05) is 13.1 Å². The Balaban J connectivity index is 2.18. The van der Waals surface area contributed by atoms with Crippen molar-refractivity contribution in [3.05, 3.63) is 17.0 Å². The van der Waals surface area contributed by atoms with Crippen LogP contribution in [-0.4, -0.2) is 39.9 Å². The molecule has 8 heteroatoms. The molecular weight excluding hydrogens is 285 g/mol. The van der Waals surface area contributed by atoms with E-state index in [1.165, 1.54) is 0 Å². The van der Waals surface area contributed by atoms with Gasteiger partial charge in [-0.3, -0.25) is 9.48 Å². The molecule has 2 rings (SSSR count). The Kier molecular flexibility index (Phi) is 3.77. The summed E-state index contributed by atoms with van der Waals surface area (Å²) in [5, 5.41) is 4.30. The first-order chi connectivity index (χ1) is 9.56. The number of carbonyl (C=O) groups excluding carboxylic acids is 1. The van der Waals surface area contributed by atoms with Gasteiger partial charge in [0.05, 0.1) is 5.69 Å². The number of likely N-dealkylation sites (tertiary alicyclic amines) is 1. The van der Waals surface area contributed by atoms with E-state index in [1.807, 2.05) is 13.8 Å². The first kappa shape index (κ1) is 15.8. The molecule has 0 spiro atoms. The van der Waals surface area contributed by atoms with E-state index in [0.717, 1.165) is 21.9 Å². The Morgan fingerprint density at radius 1 is 1.29 bits per heavy atom. The fourth-order valence-corrected chi connectivity index (χ4v) is 3.03. The number of hydrogen-bond donors (Lipinski definition) is 1. The van der Waals surface area contributed by atoms with Crippen LogP contribution in [0.4, 0.5) is 13.2 Å². The number of nitrogens with two attached hydrogens (primary N) is 1. The molecule has 0 unspecified atom stereocenters. The van der Waals surface area contributed by atoms with Gasteiger partial charge in [-0.1, -0.05) is 0 Å². The standard InChI is InChI=1S/C13H19F3N4O/c1-8-10(9(2)19(3)18-8)12(17)4-6-20(7-5-12)11(21)13(14,15)16/h4-7,17H2,1-3H3. The van der Waals surface area contributed by atoms with Gasteiger partial charge in [-0.2, -0.15) is 18.3 Å². The highest BCUT2D eigenvalue weighted by molar-refractivity contribution is 5.82. The third kappa shape index (κ3) is 2.76. The Hall–Kier alpha value is -1.57. The highest BCUT2D eigenvalue weighted by atomic mass is 19.4. The maximum absolute atomic E-state index is 12.4. The fraction of sp³-hybridized carbons (Fsp3) is 0.692. The second-order valence-corrected chi connectivity index (χ2v) is 5.62. The molecule has 0 aliphatic carbocycles. The van der Waals surface area contributed by atoms with Crippen LogP contribution < -0.4 is 5.73 Å². The lowest BCUT2D eigenvalue weighted by Crippen LogP contribution is -2.52. The zero-order valence-corrected chi connectivity index (χ0v) is 12.3. The zero-order chi connectivity index (χ0) is 16.0. The normalized spacial score (nSPS) is 18.9. The highest BCUT2D eigenvalue weighted by Gasteiger charge is 2.45. The Morgan fingerprint density at radius 3 is 2.19 bits per heavy atom. The summed E-state index contributed by atoms with van der Waals surface area (Å²) >= 11 is 0. The molecule has 21 heavy (non-hydrogen) atoms. The number of rotatable bonds is 1. The minimum atomic E-state index is -4.82. The molecule has 1 aromatic heterocycles. The van der Waals surface area contributed by atoms with Crippen molar-refractivity contribution in [1.82, 2.24) is 14.7 Å². The summed E-state index contributed by atoms with van der Waals surface area (Å²) in [6.07, 6.45) is -4.24. The number of carbonyl (C=O) groups is 1. The predicted octanol–water partition coefficient (Wildman–Crippen LogP) is 1.38. The lowest BCUT2D eigenvalue weighted by atomic mass is 9.80. The lowest BCUT2D eigenvalue weighted by Gasteiger charge is -2.39. The quantitative estimate of drug-likeness (QED) is 0.852. The monoisotopic (exact) mass is 304 g/mol. The van der Waals surface area contributed by atoms with Gasteiger partial charge in [0.25, 0.3) is 0 Å². The number of nitrogens with zero attached hydrogens (tertiary/aromatic N) is 3. The molecule has 5 nitrogen and oxygen atoms in total. The SMILES string of the molecule is Cc1nn(C)c(C)c1C1(N)CCN(C(=O)C(F)(F)F)CC1. The molecule has 1 saturated heterocycles. The third-order valence-corrected chi connectivity index (χ3v) is 4.19. The van der Waals surface area contributed by atoms with E-state index in [-0.39, 0.29) is 13.1 Å². The fourth-order valence-electron chi connectivity index (χ4n) is 3.03. The molecule has 0 saturated carbocycles. The topological polar surface area (TPSA) is 64.2 Å². The number of amides is 1. The third-order valence-electron chi connectivity index (χ3n) is 4.19. The summed E-state index contributed by atoms with van der Waals surface area (Å²) in [6.45, 7) is 3.73.